The van der Waals surface area contributed by atoms with Crippen LogP contribution in [0.5, 0.6) is 0 Å². The number of nitrogens with zero attached hydrogens (tertiary/aromatic N) is 2. The summed E-state index contributed by atoms with van der Waals surface area (Å²) in [5, 5.41) is 4.43. The average Bonchev–Trinajstić information content (AvgIpc) is 3.21. The fourth-order valence-corrected chi connectivity index (χ4v) is 4.15. The zero-order valence-corrected chi connectivity index (χ0v) is 13.2. The summed E-state index contributed by atoms with van der Waals surface area (Å²) in [7, 11) is 0. The van der Waals surface area contributed by atoms with Crippen molar-refractivity contribution in [1.82, 2.24) is 15.2 Å². The van der Waals surface area contributed by atoms with E-state index in [1.165, 1.54) is 12.8 Å². The Morgan fingerprint density at radius 3 is 2.61 bits per heavy atom. The van der Waals surface area contributed by atoms with E-state index < -0.39 is 0 Å². The standard InChI is InChI=1S/C19H21N3O/c23-19(22-10-13-8-20-9-14(13)11-22)16-7-18(12-5-6-12)21-17-4-2-1-3-15(16)17/h1-4,7,12-14,20H,5-6,8-11H2/t13-,14+. The molecule has 0 bridgehead atoms. The fourth-order valence-electron chi connectivity index (χ4n) is 4.15. The van der Waals surface area contributed by atoms with Crippen molar-refractivity contribution in [3.05, 3.63) is 41.6 Å². The number of hydrogen-bond donors (Lipinski definition) is 1. The van der Waals surface area contributed by atoms with Crippen LogP contribution in [0.2, 0.25) is 0 Å². The van der Waals surface area contributed by atoms with Gasteiger partial charge in [-0.05, 0) is 36.8 Å². The minimum absolute atomic E-state index is 0.194. The minimum Gasteiger partial charge on any atom is -0.338 e. The number of likely N-dealkylation sites (tertiary alicyclic amines) is 1. The molecule has 1 aromatic heterocycles. The van der Waals surface area contributed by atoms with Crippen LogP contribution in [0.3, 0.4) is 0 Å². The van der Waals surface area contributed by atoms with Crippen LogP contribution >= 0.6 is 0 Å². The molecule has 1 saturated carbocycles. The van der Waals surface area contributed by atoms with Gasteiger partial charge in [-0.15, -0.1) is 0 Å². The van der Waals surface area contributed by atoms with Crippen LogP contribution in [0.1, 0.15) is 34.8 Å². The number of benzene rings is 1. The predicted molar refractivity (Wildman–Crippen MR) is 89.5 cm³/mol. The lowest BCUT2D eigenvalue weighted by atomic mass is 10.0. The van der Waals surface area contributed by atoms with Gasteiger partial charge in [0.1, 0.15) is 0 Å². The lowest BCUT2D eigenvalue weighted by Gasteiger charge is -2.19. The predicted octanol–water partition coefficient (Wildman–Crippen LogP) is 2.40. The fraction of sp³-hybridized carbons (Fsp3) is 0.474. The molecule has 0 unspecified atom stereocenters. The molecule has 0 radical (unpaired) electrons. The third-order valence-corrected chi connectivity index (χ3v) is 5.64. The number of hydrogen-bond acceptors (Lipinski definition) is 3. The summed E-state index contributed by atoms with van der Waals surface area (Å²) in [6.45, 7) is 3.90. The second-order valence-corrected chi connectivity index (χ2v) is 7.27. The first kappa shape index (κ1) is 13.5. The molecule has 2 aliphatic heterocycles. The molecule has 2 atom stereocenters. The Morgan fingerprint density at radius 2 is 1.87 bits per heavy atom. The molecule has 3 fully saturated rings. The molecule has 4 heteroatoms. The van der Waals surface area contributed by atoms with Gasteiger partial charge in [-0.2, -0.15) is 0 Å². The summed E-state index contributed by atoms with van der Waals surface area (Å²) in [6, 6.07) is 10.1. The van der Waals surface area contributed by atoms with Crippen LogP contribution in [-0.4, -0.2) is 42.0 Å². The largest absolute Gasteiger partial charge is 0.338 e. The van der Waals surface area contributed by atoms with E-state index in [9.17, 15) is 4.79 Å². The summed E-state index contributed by atoms with van der Waals surface area (Å²) in [5.74, 6) is 2.03. The van der Waals surface area contributed by atoms with Crippen molar-refractivity contribution >= 4 is 16.8 Å². The monoisotopic (exact) mass is 307 g/mol. The van der Waals surface area contributed by atoms with Crippen molar-refractivity contribution in [3.63, 3.8) is 0 Å². The summed E-state index contributed by atoms with van der Waals surface area (Å²) in [5.41, 5.74) is 2.92. The number of fused-ring (bicyclic) bond motifs is 2. The Hall–Kier alpha value is -1.94. The highest BCUT2D eigenvalue weighted by Crippen LogP contribution is 2.40. The number of amides is 1. The Labute approximate surface area is 135 Å². The molecule has 3 heterocycles. The lowest BCUT2D eigenvalue weighted by molar-refractivity contribution is 0.0783. The Bertz CT molecular complexity index is 771. The molecule has 23 heavy (non-hydrogen) atoms. The van der Waals surface area contributed by atoms with Crippen molar-refractivity contribution in [3.8, 4) is 0 Å². The van der Waals surface area contributed by atoms with E-state index in [-0.39, 0.29) is 5.91 Å². The molecule has 1 aromatic carbocycles. The molecule has 3 aliphatic rings. The first-order valence-corrected chi connectivity index (χ1v) is 8.69. The van der Waals surface area contributed by atoms with Gasteiger partial charge in [-0.25, -0.2) is 0 Å². The smallest absolute Gasteiger partial charge is 0.254 e. The van der Waals surface area contributed by atoms with E-state index in [1.54, 1.807) is 0 Å². The van der Waals surface area contributed by atoms with Crippen molar-refractivity contribution in [2.24, 2.45) is 11.8 Å². The first-order valence-electron chi connectivity index (χ1n) is 8.69. The third kappa shape index (κ3) is 2.24. The highest BCUT2D eigenvalue weighted by atomic mass is 16.2. The first-order chi connectivity index (χ1) is 11.3. The van der Waals surface area contributed by atoms with Crippen LogP contribution < -0.4 is 5.32 Å². The Kier molecular flexibility index (Phi) is 2.95. The molecule has 0 spiro atoms. The lowest BCUT2D eigenvalue weighted by Crippen LogP contribution is -2.32. The van der Waals surface area contributed by atoms with Gasteiger partial charge >= 0.3 is 0 Å². The highest BCUT2D eigenvalue weighted by Gasteiger charge is 2.39. The Balaban J connectivity index is 1.54. The summed E-state index contributed by atoms with van der Waals surface area (Å²) in [4.78, 5) is 20.0. The molecule has 1 amide bonds. The van der Waals surface area contributed by atoms with E-state index in [1.807, 2.05) is 24.3 Å². The molecular weight excluding hydrogens is 286 g/mol. The number of rotatable bonds is 2. The van der Waals surface area contributed by atoms with E-state index >= 15 is 0 Å². The summed E-state index contributed by atoms with van der Waals surface area (Å²) >= 11 is 0. The number of nitrogens with one attached hydrogen (secondary N) is 1. The summed E-state index contributed by atoms with van der Waals surface area (Å²) < 4.78 is 0. The normalized spacial score (nSPS) is 26.7. The minimum atomic E-state index is 0.194. The van der Waals surface area contributed by atoms with Gasteiger partial charge in [0, 0.05) is 43.2 Å². The van der Waals surface area contributed by atoms with Crippen molar-refractivity contribution < 1.29 is 4.79 Å². The number of pyridine rings is 1. The van der Waals surface area contributed by atoms with Gasteiger partial charge in [-0.1, -0.05) is 18.2 Å². The maximum atomic E-state index is 13.2. The second-order valence-electron chi connectivity index (χ2n) is 7.27. The Morgan fingerprint density at radius 1 is 1.13 bits per heavy atom. The SMILES string of the molecule is O=C(c1cc(C2CC2)nc2ccccc12)N1C[C@H]2CNC[C@H]2C1. The molecule has 4 nitrogen and oxygen atoms in total. The number of carbonyl (C=O) groups is 1. The van der Waals surface area contributed by atoms with Crippen molar-refractivity contribution in [1.29, 1.82) is 0 Å². The van der Waals surface area contributed by atoms with Crippen LogP contribution in [0.4, 0.5) is 0 Å². The van der Waals surface area contributed by atoms with Gasteiger partial charge in [0.25, 0.3) is 5.91 Å². The zero-order chi connectivity index (χ0) is 15.4. The van der Waals surface area contributed by atoms with Gasteiger partial charge in [-0.3, -0.25) is 9.78 Å². The number of carbonyl (C=O) groups excluding carboxylic acids is 1. The van der Waals surface area contributed by atoms with Crippen LogP contribution in [-0.2, 0) is 0 Å². The molecular formula is C19H21N3O. The topological polar surface area (TPSA) is 45.2 Å². The summed E-state index contributed by atoms with van der Waals surface area (Å²) in [6.07, 6.45) is 2.41. The quantitative estimate of drug-likeness (QED) is 0.926. The van der Waals surface area contributed by atoms with E-state index in [2.05, 4.69) is 16.3 Å². The molecule has 118 valence electrons. The maximum absolute atomic E-state index is 13.2. The van der Waals surface area contributed by atoms with E-state index in [0.717, 1.165) is 48.3 Å². The van der Waals surface area contributed by atoms with Crippen LogP contribution in [0.15, 0.2) is 30.3 Å². The van der Waals surface area contributed by atoms with E-state index in [0.29, 0.717) is 17.8 Å². The third-order valence-electron chi connectivity index (χ3n) is 5.64. The number of para-hydroxylation sites is 1. The molecule has 2 saturated heterocycles. The number of aromatic nitrogens is 1. The highest BCUT2D eigenvalue weighted by molar-refractivity contribution is 6.06. The molecule has 1 aliphatic carbocycles. The van der Waals surface area contributed by atoms with Gasteiger partial charge in [0.15, 0.2) is 0 Å². The van der Waals surface area contributed by atoms with Crippen LogP contribution in [0.25, 0.3) is 10.9 Å². The molecule has 1 N–H and O–H groups in total. The molecule has 2 aromatic rings. The van der Waals surface area contributed by atoms with Gasteiger partial charge in [0.2, 0.25) is 0 Å². The van der Waals surface area contributed by atoms with Gasteiger partial charge in [0.05, 0.1) is 11.1 Å². The average molecular weight is 307 g/mol. The van der Waals surface area contributed by atoms with Crippen molar-refractivity contribution in [2.45, 2.75) is 18.8 Å². The molecule has 5 rings (SSSR count). The van der Waals surface area contributed by atoms with E-state index in [4.69, 9.17) is 4.98 Å². The van der Waals surface area contributed by atoms with Crippen LogP contribution in [0, 0.1) is 11.8 Å². The van der Waals surface area contributed by atoms with Crippen molar-refractivity contribution in [2.75, 3.05) is 26.2 Å². The zero-order valence-electron chi connectivity index (χ0n) is 13.2. The second kappa shape index (κ2) is 5.03. The van der Waals surface area contributed by atoms with Gasteiger partial charge < -0.3 is 10.2 Å². The maximum Gasteiger partial charge on any atom is 0.254 e.